The molecule has 0 saturated carbocycles. The zero-order chi connectivity index (χ0) is 14.3. The van der Waals surface area contributed by atoms with E-state index in [1.807, 2.05) is 19.1 Å². The molecule has 0 aliphatic rings. The third-order valence-electron chi connectivity index (χ3n) is 2.23. The second kappa shape index (κ2) is 6.77. The number of anilines is 2. The summed E-state index contributed by atoms with van der Waals surface area (Å²) < 4.78 is 0. The average molecular weight is 260 g/mol. The first-order valence-corrected chi connectivity index (χ1v) is 5.52. The van der Waals surface area contributed by atoms with Gasteiger partial charge < -0.3 is 10.2 Å². The number of rotatable bonds is 6. The first-order valence-electron chi connectivity index (χ1n) is 5.52. The minimum Gasteiger partial charge on any atom is -0.370 e. The van der Waals surface area contributed by atoms with Gasteiger partial charge >= 0.3 is 5.69 Å². The molecule has 0 spiro atoms. The second-order valence-corrected chi connectivity index (χ2v) is 3.50. The van der Waals surface area contributed by atoms with Gasteiger partial charge in [-0.15, -0.1) is 0 Å². The molecule has 98 valence electrons. The third-order valence-corrected chi connectivity index (χ3v) is 2.23. The molecule has 8 nitrogen and oxygen atoms in total. The van der Waals surface area contributed by atoms with Crippen LogP contribution in [0, 0.1) is 32.8 Å². The summed E-state index contributed by atoms with van der Waals surface area (Å²) in [6.07, 6.45) is 0. The lowest BCUT2D eigenvalue weighted by Crippen LogP contribution is -2.26. The number of aromatic nitrogens is 1. The SMILES string of the molecule is CCNc1ccc([N+](=O)[O-])c(N(CC#N)CC#N)n1. The molecule has 0 aromatic carbocycles. The van der Waals surface area contributed by atoms with E-state index in [-0.39, 0.29) is 24.6 Å². The number of hydrogen-bond acceptors (Lipinski definition) is 7. The molecule has 1 heterocycles. The van der Waals surface area contributed by atoms with E-state index in [9.17, 15) is 10.1 Å². The lowest BCUT2D eigenvalue weighted by atomic mass is 10.3. The van der Waals surface area contributed by atoms with Crippen molar-refractivity contribution < 1.29 is 4.92 Å². The molecule has 0 radical (unpaired) electrons. The second-order valence-electron chi connectivity index (χ2n) is 3.50. The Bertz CT molecular complexity index is 529. The van der Waals surface area contributed by atoms with Crippen LogP contribution in [0.1, 0.15) is 6.92 Å². The van der Waals surface area contributed by atoms with Gasteiger partial charge in [0.15, 0.2) is 0 Å². The topological polar surface area (TPSA) is 119 Å². The summed E-state index contributed by atoms with van der Waals surface area (Å²) in [4.78, 5) is 15.7. The van der Waals surface area contributed by atoms with Gasteiger partial charge in [-0.25, -0.2) is 4.98 Å². The number of nitrogens with zero attached hydrogens (tertiary/aromatic N) is 5. The zero-order valence-electron chi connectivity index (χ0n) is 10.3. The highest BCUT2D eigenvalue weighted by Crippen LogP contribution is 2.27. The minimum atomic E-state index is -0.584. The molecule has 1 aromatic rings. The van der Waals surface area contributed by atoms with Crippen LogP contribution in [0.5, 0.6) is 0 Å². The maximum absolute atomic E-state index is 11.0. The van der Waals surface area contributed by atoms with Crippen molar-refractivity contribution in [2.24, 2.45) is 0 Å². The van der Waals surface area contributed by atoms with E-state index < -0.39 is 4.92 Å². The Morgan fingerprint density at radius 3 is 2.53 bits per heavy atom. The quantitative estimate of drug-likeness (QED) is 0.464. The van der Waals surface area contributed by atoms with E-state index >= 15 is 0 Å². The molecule has 0 aliphatic heterocycles. The van der Waals surface area contributed by atoms with Gasteiger partial charge in [-0.3, -0.25) is 10.1 Å². The molecule has 19 heavy (non-hydrogen) atoms. The van der Waals surface area contributed by atoms with Crippen molar-refractivity contribution in [2.45, 2.75) is 6.92 Å². The fraction of sp³-hybridized carbons (Fsp3) is 0.364. The molecule has 1 rings (SSSR count). The average Bonchev–Trinajstić information content (AvgIpc) is 2.38. The summed E-state index contributed by atoms with van der Waals surface area (Å²) in [6.45, 7) is 2.19. The van der Waals surface area contributed by atoms with Gasteiger partial charge in [0.2, 0.25) is 5.82 Å². The van der Waals surface area contributed by atoms with Gasteiger partial charge in [0.05, 0.1) is 17.1 Å². The minimum absolute atomic E-state index is 0.0200. The maximum atomic E-state index is 11.0. The van der Waals surface area contributed by atoms with Crippen LogP contribution in [0.4, 0.5) is 17.3 Å². The van der Waals surface area contributed by atoms with Crippen LogP contribution < -0.4 is 10.2 Å². The molecule has 0 aliphatic carbocycles. The fourth-order valence-electron chi connectivity index (χ4n) is 1.47. The van der Waals surface area contributed by atoms with Crippen LogP contribution in [-0.2, 0) is 0 Å². The number of nitriles is 2. The molecule has 0 fully saturated rings. The Labute approximate surface area is 110 Å². The normalized spacial score (nSPS) is 9.21. The van der Waals surface area contributed by atoms with E-state index in [1.54, 1.807) is 0 Å². The smallest absolute Gasteiger partial charge is 0.311 e. The molecule has 0 saturated heterocycles. The van der Waals surface area contributed by atoms with Crippen molar-refractivity contribution in [1.82, 2.24) is 4.98 Å². The summed E-state index contributed by atoms with van der Waals surface area (Å²) in [5.41, 5.74) is -0.229. The number of hydrogen-bond donors (Lipinski definition) is 1. The Balaban J connectivity index is 3.26. The molecule has 1 N–H and O–H groups in total. The number of pyridine rings is 1. The van der Waals surface area contributed by atoms with E-state index in [0.717, 1.165) is 0 Å². The Morgan fingerprint density at radius 1 is 1.42 bits per heavy atom. The van der Waals surface area contributed by atoms with Crippen LogP contribution in [-0.4, -0.2) is 29.5 Å². The van der Waals surface area contributed by atoms with Gasteiger partial charge in [0, 0.05) is 12.6 Å². The van der Waals surface area contributed by atoms with Crippen LogP contribution in [0.15, 0.2) is 12.1 Å². The van der Waals surface area contributed by atoms with Crippen LogP contribution in [0.2, 0.25) is 0 Å². The van der Waals surface area contributed by atoms with Gasteiger partial charge in [0.1, 0.15) is 18.9 Å². The molecule has 0 atom stereocenters. The number of nitro groups is 1. The van der Waals surface area contributed by atoms with Gasteiger partial charge in [0.25, 0.3) is 0 Å². The lowest BCUT2D eigenvalue weighted by Gasteiger charge is -2.17. The highest BCUT2D eigenvalue weighted by molar-refractivity contribution is 5.62. The Kier molecular flexibility index (Phi) is 5.05. The zero-order valence-corrected chi connectivity index (χ0v) is 10.3. The molecule has 0 bridgehead atoms. The number of nitrogens with one attached hydrogen (secondary N) is 1. The van der Waals surface area contributed by atoms with E-state index in [2.05, 4.69) is 10.3 Å². The third kappa shape index (κ3) is 3.54. The monoisotopic (exact) mass is 260 g/mol. The summed E-state index contributed by atoms with van der Waals surface area (Å²) in [5, 5.41) is 31.3. The van der Waals surface area contributed by atoms with E-state index in [0.29, 0.717) is 12.4 Å². The summed E-state index contributed by atoms with van der Waals surface area (Å²) in [5.74, 6) is 0.482. The Hall–Kier alpha value is -2.87. The maximum Gasteiger partial charge on any atom is 0.311 e. The first-order chi connectivity index (χ1) is 9.13. The van der Waals surface area contributed by atoms with Gasteiger partial charge in [-0.1, -0.05) is 0 Å². The van der Waals surface area contributed by atoms with E-state index in [4.69, 9.17) is 10.5 Å². The van der Waals surface area contributed by atoms with Crippen molar-refractivity contribution in [2.75, 3.05) is 29.9 Å². The predicted molar refractivity (Wildman–Crippen MR) is 68.5 cm³/mol. The van der Waals surface area contributed by atoms with Crippen LogP contribution >= 0.6 is 0 Å². The summed E-state index contributed by atoms with van der Waals surface area (Å²) >= 11 is 0. The highest BCUT2D eigenvalue weighted by atomic mass is 16.6. The molecule has 0 unspecified atom stereocenters. The summed E-state index contributed by atoms with van der Waals surface area (Å²) in [6, 6.07) is 6.52. The molecular formula is C11H12N6O2. The van der Waals surface area contributed by atoms with Crippen molar-refractivity contribution >= 4 is 17.3 Å². The molecule has 8 heteroatoms. The van der Waals surface area contributed by atoms with Crippen LogP contribution in [0.3, 0.4) is 0 Å². The highest BCUT2D eigenvalue weighted by Gasteiger charge is 2.21. The summed E-state index contributed by atoms with van der Waals surface area (Å²) in [7, 11) is 0. The first kappa shape index (κ1) is 14.2. The van der Waals surface area contributed by atoms with Crippen molar-refractivity contribution in [3.8, 4) is 12.1 Å². The molecule has 1 aromatic heterocycles. The molecular weight excluding hydrogens is 248 g/mol. The van der Waals surface area contributed by atoms with Crippen molar-refractivity contribution in [3.63, 3.8) is 0 Å². The van der Waals surface area contributed by atoms with Gasteiger partial charge in [-0.05, 0) is 13.0 Å². The molecule has 0 amide bonds. The predicted octanol–water partition coefficient (Wildman–Crippen LogP) is 1.28. The van der Waals surface area contributed by atoms with Crippen molar-refractivity contribution in [3.05, 3.63) is 22.2 Å². The largest absolute Gasteiger partial charge is 0.370 e. The van der Waals surface area contributed by atoms with Crippen molar-refractivity contribution in [1.29, 1.82) is 10.5 Å². The standard InChI is InChI=1S/C11H12N6O2/c1-2-14-10-4-3-9(17(18)19)11(15-10)16(7-5-12)8-6-13/h3-4H,2,7-8H2,1H3,(H,14,15). The Morgan fingerprint density at radius 2 is 2.05 bits per heavy atom. The van der Waals surface area contributed by atoms with Gasteiger partial charge in [-0.2, -0.15) is 10.5 Å². The fourth-order valence-corrected chi connectivity index (χ4v) is 1.47. The van der Waals surface area contributed by atoms with E-state index in [1.165, 1.54) is 17.0 Å². The lowest BCUT2D eigenvalue weighted by molar-refractivity contribution is -0.384. The van der Waals surface area contributed by atoms with Crippen LogP contribution in [0.25, 0.3) is 0 Å².